The average molecular weight is 299 g/mol. The van der Waals surface area contributed by atoms with E-state index in [0.29, 0.717) is 0 Å². The first-order chi connectivity index (χ1) is 9.90. The van der Waals surface area contributed by atoms with Crippen molar-refractivity contribution in [2.75, 3.05) is 5.32 Å². The predicted molar refractivity (Wildman–Crippen MR) is 85.6 cm³/mol. The molecule has 0 fully saturated rings. The molecule has 0 atom stereocenters. The maximum absolute atomic E-state index is 4.58. The van der Waals surface area contributed by atoms with E-state index in [-0.39, 0.29) is 0 Å². The van der Waals surface area contributed by atoms with Crippen LogP contribution in [0.3, 0.4) is 0 Å². The molecule has 2 heterocycles. The number of aromatic nitrogens is 2. The summed E-state index contributed by atoms with van der Waals surface area (Å²) >= 11 is 3.32. The Morgan fingerprint density at radius 2 is 1.90 bits per heavy atom. The summed E-state index contributed by atoms with van der Waals surface area (Å²) in [6.45, 7) is 0. The van der Waals surface area contributed by atoms with Crippen LogP contribution in [0, 0.1) is 0 Å². The van der Waals surface area contributed by atoms with Gasteiger partial charge >= 0.3 is 0 Å². The molecule has 0 saturated carbocycles. The van der Waals surface area contributed by atoms with Gasteiger partial charge in [0.25, 0.3) is 0 Å². The van der Waals surface area contributed by atoms with E-state index in [1.54, 1.807) is 23.1 Å². The molecule has 1 N–H and O–H groups in total. The van der Waals surface area contributed by atoms with E-state index in [4.69, 9.17) is 0 Å². The molecule has 0 aliphatic heterocycles. The van der Waals surface area contributed by atoms with Gasteiger partial charge < -0.3 is 5.32 Å². The van der Waals surface area contributed by atoms with Gasteiger partial charge in [0.05, 0.1) is 10.7 Å². The molecule has 100 valence electrons. The molecule has 1 aromatic carbocycles. The van der Waals surface area contributed by atoms with Crippen LogP contribution in [0.1, 0.15) is 5.69 Å². The summed E-state index contributed by atoms with van der Waals surface area (Å²) in [6, 6.07) is 16.0. The molecule has 3 rings (SSSR count). The lowest BCUT2D eigenvalue weighted by molar-refractivity contribution is 1.12. The number of anilines is 2. The van der Waals surface area contributed by atoms with Gasteiger partial charge in [-0.2, -0.15) is 0 Å². The van der Waals surface area contributed by atoms with Gasteiger partial charge in [-0.15, -0.1) is 23.1 Å². The number of hydrogen-bond donors (Lipinski definition) is 1. The first-order valence-corrected chi connectivity index (χ1v) is 8.07. The Bertz CT molecular complexity index is 653. The Balaban J connectivity index is 1.60. The minimum Gasteiger partial charge on any atom is -0.332 e. The second-order valence-corrected chi connectivity index (χ2v) is 5.95. The molecule has 0 aliphatic carbocycles. The van der Waals surface area contributed by atoms with Crippen LogP contribution in [0.15, 0.2) is 65.1 Å². The van der Waals surface area contributed by atoms with Crippen molar-refractivity contribution in [1.29, 1.82) is 0 Å². The van der Waals surface area contributed by atoms with E-state index < -0.39 is 0 Å². The maximum Gasteiger partial charge on any atom is 0.187 e. The molecule has 3 aromatic rings. The zero-order valence-corrected chi connectivity index (χ0v) is 12.3. The minimum atomic E-state index is 0.837. The second kappa shape index (κ2) is 6.54. The number of thiazole rings is 1. The Hall–Kier alpha value is -1.85. The third-order valence-electron chi connectivity index (χ3n) is 2.58. The maximum atomic E-state index is 4.58. The Morgan fingerprint density at radius 1 is 1.05 bits per heavy atom. The highest BCUT2D eigenvalue weighted by Gasteiger charge is 2.03. The summed E-state index contributed by atoms with van der Waals surface area (Å²) < 4.78 is 0. The Morgan fingerprint density at radius 3 is 2.70 bits per heavy atom. The van der Waals surface area contributed by atoms with E-state index in [2.05, 4.69) is 20.7 Å². The van der Waals surface area contributed by atoms with Gasteiger partial charge in [-0.1, -0.05) is 24.3 Å². The monoisotopic (exact) mass is 299 g/mol. The number of thioether (sulfide) groups is 1. The zero-order chi connectivity index (χ0) is 13.6. The van der Waals surface area contributed by atoms with Crippen molar-refractivity contribution in [1.82, 2.24) is 9.97 Å². The number of nitrogens with one attached hydrogen (secondary N) is 1. The van der Waals surface area contributed by atoms with Crippen LogP contribution in [-0.4, -0.2) is 9.97 Å². The smallest absolute Gasteiger partial charge is 0.187 e. The molecule has 0 saturated heterocycles. The predicted octanol–water partition coefficient (Wildman–Crippen LogP) is 4.57. The topological polar surface area (TPSA) is 37.8 Å². The van der Waals surface area contributed by atoms with Crippen LogP contribution in [0.2, 0.25) is 0 Å². The molecule has 0 radical (unpaired) electrons. The Kier molecular flexibility index (Phi) is 4.30. The molecular formula is C15H13N3S2. The Labute approximate surface area is 126 Å². The summed E-state index contributed by atoms with van der Waals surface area (Å²) in [6.07, 6.45) is 1.81. The molecule has 3 nitrogen and oxygen atoms in total. The lowest BCUT2D eigenvalue weighted by Crippen LogP contribution is -1.89. The largest absolute Gasteiger partial charge is 0.332 e. The summed E-state index contributed by atoms with van der Waals surface area (Å²) in [7, 11) is 0. The van der Waals surface area contributed by atoms with E-state index in [1.807, 2.05) is 54.7 Å². The van der Waals surface area contributed by atoms with Gasteiger partial charge in [0.15, 0.2) is 5.13 Å². The number of benzene rings is 1. The quantitative estimate of drug-likeness (QED) is 0.700. The van der Waals surface area contributed by atoms with E-state index in [9.17, 15) is 0 Å². The van der Waals surface area contributed by atoms with Gasteiger partial charge in [0, 0.05) is 23.0 Å². The lowest BCUT2D eigenvalue weighted by Gasteiger charge is -2.01. The minimum absolute atomic E-state index is 0.837. The van der Waals surface area contributed by atoms with Gasteiger partial charge in [0.1, 0.15) is 0 Å². The molecule has 20 heavy (non-hydrogen) atoms. The molecule has 5 heteroatoms. The fourth-order valence-electron chi connectivity index (χ4n) is 1.66. The first kappa shape index (κ1) is 13.1. The van der Waals surface area contributed by atoms with E-state index in [1.165, 1.54) is 0 Å². The van der Waals surface area contributed by atoms with Crippen LogP contribution >= 0.6 is 23.1 Å². The van der Waals surface area contributed by atoms with Crippen LogP contribution in [0.5, 0.6) is 0 Å². The van der Waals surface area contributed by atoms with Gasteiger partial charge in [0.2, 0.25) is 0 Å². The highest BCUT2D eigenvalue weighted by molar-refractivity contribution is 7.98. The van der Waals surface area contributed by atoms with Crippen molar-refractivity contribution in [3.8, 4) is 0 Å². The van der Waals surface area contributed by atoms with E-state index in [0.717, 1.165) is 27.3 Å². The SMILES string of the molecule is c1ccc(Nc2nc(CSc3ccccn3)cs2)cc1. The molecule has 0 spiro atoms. The van der Waals surface area contributed by atoms with Gasteiger partial charge in [-0.05, 0) is 24.3 Å². The van der Waals surface area contributed by atoms with E-state index >= 15 is 0 Å². The highest BCUT2D eigenvalue weighted by atomic mass is 32.2. The molecule has 0 amide bonds. The van der Waals surface area contributed by atoms with Crippen LogP contribution in [-0.2, 0) is 5.75 Å². The summed E-state index contributed by atoms with van der Waals surface area (Å²) in [5, 5.41) is 7.34. The van der Waals surface area contributed by atoms with Crippen molar-refractivity contribution in [2.24, 2.45) is 0 Å². The van der Waals surface area contributed by atoms with Crippen molar-refractivity contribution >= 4 is 33.9 Å². The first-order valence-electron chi connectivity index (χ1n) is 6.20. The fraction of sp³-hybridized carbons (Fsp3) is 0.0667. The lowest BCUT2D eigenvalue weighted by atomic mass is 10.3. The summed E-state index contributed by atoms with van der Waals surface area (Å²) in [4.78, 5) is 8.87. The standard InChI is InChI=1S/C15H13N3S2/c1-2-6-12(7-3-1)17-15-18-13(11-20-15)10-19-14-8-4-5-9-16-14/h1-9,11H,10H2,(H,17,18). The van der Waals surface area contributed by atoms with Gasteiger partial charge in [-0.25, -0.2) is 9.97 Å². The molecular weight excluding hydrogens is 286 g/mol. The van der Waals surface area contributed by atoms with Crippen LogP contribution in [0.4, 0.5) is 10.8 Å². The number of pyridine rings is 1. The number of hydrogen-bond acceptors (Lipinski definition) is 5. The van der Waals surface area contributed by atoms with Crippen molar-refractivity contribution in [3.63, 3.8) is 0 Å². The zero-order valence-electron chi connectivity index (χ0n) is 10.7. The fourth-order valence-corrected chi connectivity index (χ4v) is 3.25. The molecule has 0 bridgehead atoms. The van der Waals surface area contributed by atoms with Crippen LogP contribution in [0.25, 0.3) is 0 Å². The second-order valence-electron chi connectivity index (χ2n) is 4.09. The summed E-state index contributed by atoms with van der Waals surface area (Å²) in [5.74, 6) is 0.837. The van der Waals surface area contributed by atoms with Crippen molar-refractivity contribution in [2.45, 2.75) is 10.8 Å². The molecule has 0 aliphatic rings. The highest BCUT2D eigenvalue weighted by Crippen LogP contribution is 2.25. The summed E-state index contributed by atoms with van der Waals surface area (Å²) in [5.41, 5.74) is 2.13. The third kappa shape index (κ3) is 3.59. The van der Waals surface area contributed by atoms with Gasteiger partial charge in [-0.3, -0.25) is 0 Å². The number of rotatable bonds is 5. The van der Waals surface area contributed by atoms with Crippen molar-refractivity contribution in [3.05, 3.63) is 65.8 Å². The average Bonchev–Trinajstić information content (AvgIpc) is 2.95. The number of nitrogens with zero attached hydrogens (tertiary/aromatic N) is 2. The molecule has 0 unspecified atom stereocenters. The van der Waals surface area contributed by atoms with Crippen molar-refractivity contribution < 1.29 is 0 Å². The third-order valence-corrected chi connectivity index (χ3v) is 4.37. The normalized spacial score (nSPS) is 10.4. The number of para-hydroxylation sites is 1. The molecule has 2 aromatic heterocycles. The van der Waals surface area contributed by atoms with Crippen LogP contribution < -0.4 is 5.32 Å².